The van der Waals surface area contributed by atoms with E-state index in [9.17, 15) is 23.1 Å². The highest BCUT2D eigenvalue weighted by atomic mass is 19.4. The van der Waals surface area contributed by atoms with Crippen LogP contribution in [-0.4, -0.2) is 46.4 Å². The van der Waals surface area contributed by atoms with Gasteiger partial charge in [-0.2, -0.15) is 26.3 Å². The van der Waals surface area contributed by atoms with Crippen LogP contribution in [0.3, 0.4) is 0 Å². The van der Waals surface area contributed by atoms with Crippen molar-refractivity contribution in [2.45, 2.75) is 12.4 Å². The molecule has 0 amide bonds. The van der Waals surface area contributed by atoms with Crippen molar-refractivity contribution in [2.75, 3.05) is 35.5 Å². The first kappa shape index (κ1) is 31.1. The molecule has 0 aliphatic carbocycles. The minimum atomic E-state index is -5.29. The SMILES string of the molecule is COc1ccc(-c2c(C(F)(F)F)c(C(=O)c3ccc(C(F)(F)F)cc3)c(O)c3cc(OC)c(OC)c(OC)c23)cc1OC. The summed E-state index contributed by atoms with van der Waals surface area (Å²) in [7, 11) is 6.24. The van der Waals surface area contributed by atoms with Crippen LogP contribution < -0.4 is 23.7 Å². The van der Waals surface area contributed by atoms with Gasteiger partial charge < -0.3 is 28.8 Å². The number of benzene rings is 4. The van der Waals surface area contributed by atoms with Gasteiger partial charge in [-0.15, -0.1) is 0 Å². The van der Waals surface area contributed by atoms with E-state index in [0.717, 1.165) is 12.1 Å². The van der Waals surface area contributed by atoms with Crippen molar-refractivity contribution in [3.05, 3.63) is 70.8 Å². The van der Waals surface area contributed by atoms with Crippen LogP contribution in [0.4, 0.5) is 26.3 Å². The van der Waals surface area contributed by atoms with Crippen molar-refractivity contribution in [2.24, 2.45) is 0 Å². The van der Waals surface area contributed by atoms with Gasteiger partial charge in [-0.1, -0.05) is 18.2 Å². The smallest absolute Gasteiger partial charge is 0.417 e. The minimum Gasteiger partial charge on any atom is -0.507 e. The highest BCUT2D eigenvalue weighted by molar-refractivity contribution is 6.19. The van der Waals surface area contributed by atoms with Gasteiger partial charge in [0.05, 0.1) is 52.2 Å². The first-order valence-electron chi connectivity index (χ1n) is 12.3. The van der Waals surface area contributed by atoms with Gasteiger partial charge >= 0.3 is 12.4 Å². The second-order valence-electron chi connectivity index (χ2n) is 9.01. The van der Waals surface area contributed by atoms with E-state index >= 15 is 13.2 Å². The molecule has 7 nitrogen and oxygen atoms in total. The molecule has 4 rings (SSSR count). The molecule has 0 radical (unpaired) electrons. The number of halogens is 6. The topological polar surface area (TPSA) is 83.5 Å². The molecule has 0 fully saturated rings. The van der Waals surface area contributed by atoms with Crippen LogP contribution in [0, 0.1) is 0 Å². The number of phenolic OH excluding ortho intramolecular Hbond substituents is 1. The van der Waals surface area contributed by atoms with Crippen molar-refractivity contribution in [1.82, 2.24) is 0 Å². The molecular weight excluding hydrogens is 586 g/mol. The van der Waals surface area contributed by atoms with Crippen LogP contribution in [0.2, 0.25) is 0 Å². The fourth-order valence-corrected chi connectivity index (χ4v) is 4.83. The maximum Gasteiger partial charge on any atom is 0.417 e. The first-order chi connectivity index (χ1) is 20.2. The molecule has 0 bridgehead atoms. The van der Waals surface area contributed by atoms with E-state index in [1.807, 2.05) is 0 Å². The molecule has 0 spiro atoms. The van der Waals surface area contributed by atoms with Crippen LogP contribution in [0.5, 0.6) is 34.5 Å². The maximum atomic E-state index is 15.1. The number of alkyl halides is 6. The normalized spacial score (nSPS) is 11.8. The lowest BCUT2D eigenvalue weighted by atomic mass is 9.84. The predicted molar refractivity (Wildman–Crippen MR) is 144 cm³/mol. The second-order valence-corrected chi connectivity index (χ2v) is 9.01. The van der Waals surface area contributed by atoms with Crippen LogP contribution in [0.15, 0.2) is 48.5 Å². The Hall–Kier alpha value is -4.81. The molecule has 13 heteroatoms. The minimum absolute atomic E-state index is 0.0457. The Morgan fingerprint density at radius 1 is 0.674 bits per heavy atom. The van der Waals surface area contributed by atoms with Gasteiger partial charge in [0.15, 0.2) is 28.8 Å². The van der Waals surface area contributed by atoms with E-state index in [0.29, 0.717) is 12.1 Å². The van der Waals surface area contributed by atoms with E-state index in [1.54, 1.807) is 0 Å². The fourth-order valence-electron chi connectivity index (χ4n) is 4.83. The number of carbonyl (C=O) groups excluding carboxylic acids is 1. The van der Waals surface area contributed by atoms with Gasteiger partial charge in [-0.3, -0.25) is 4.79 Å². The third-order valence-electron chi connectivity index (χ3n) is 6.73. The summed E-state index contributed by atoms with van der Waals surface area (Å²) in [5.41, 5.74) is -5.13. The van der Waals surface area contributed by atoms with Crippen LogP contribution in [-0.2, 0) is 12.4 Å². The van der Waals surface area contributed by atoms with Crippen molar-refractivity contribution >= 4 is 16.6 Å². The van der Waals surface area contributed by atoms with Crippen molar-refractivity contribution in [3.8, 4) is 45.6 Å². The Kier molecular flexibility index (Phi) is 8.30. The van der Waals surface area contributed by atoms with Gasteiger partial charge in [-0.25, -0.2) is 0 Å². The van der Waals surface area contributed by atoms with Crippen molar-refractivity contribution in [3.63, 3.8) is 0 Å². The van der Waals surface area contributed by atoms with Gasteiger partial charge in [0.25, 0.3) is 0 Å². The molecule has 0 unspecified atom stereocenters. The quantitative estimate of drug-likeness (QED) is 0.163. The molecule has 0 saturated heterocycles. The molecule has 43 heavy (non-hydrogen) atoms. The van der Waals surface area contributed by atoms with E-state index < -0.39 is 51.7 Å². The van der Waals surface area contributed by atoms with Gasteiger partial charge in [0, 0.05) is 21.9 Å². The van der Waals surface area contributed by atoms with E-state index in [-0.39, 0.29) is 45.1 Å². The first-order valence-corrected chi connectivity index (χ1v) is 12.3. The lowest BCUT2D eigenvalue weighted by molar-refractivity contribution is -0.138. The molecule has 0 atom stereocenters. The number of carbonyl (C=O) groups is 1. The molecule has 228 valence electrons. The van der Waals surface area contributed by atoms with Crippen LogP contribution >= 0.6 is 0 Å². The zero-order valence-electron chi connectivity index (χ0n) is 23.3. The number of ether oxygens (including phenoxy) is 5. The monoisotopic (exact) mass is 610 g/mol. The fraction of sp³-hybridized carbons (Fsp3) is 0.233. The average Bonchev–Trinajstić information content (AvgIpc) is 2.98. The molecule has 4 aromatic carbocycles. The summed E-state index contributed by atoms with van der Waals surface area (Å²) >= 11 is 0. The molecular formula is C30H24F6O7. The number of fused-ring (bicyclic) bond motifs is 1. The lowest BCUT2D eigenvalue weighted by Gasteiger charge is -2.24. The summed E-state index contributed by atoms with van der Waals surface area (Å²) in [6, 6.07) is 7.63. The highest BCUT2D eigenvalue weighted by Crippen LogP contribution is 2.55. The Labute approximate surface area is 241 Å². The standard InChI is InChI=1S/C30H24F6O7/c1-39-18-11-8-15(12-19(18)40-2)21-22-17(13-20(41-3)27(42-4)28(22)43-5)26(38)23(24(21)30(34,35)36)25(37)14-6-9-16(10-7-14)29(31,32)33/h6-13,38H,1-5H3. The molecule has 4 aromatic rings. The third-order valence-corrected chi connectivity index (χ3v) is 6.73. The molecule has 0 aromatic heterocycles. The molecule has 0 aliphatic rings. The van der Waals surface area contributed by atoms with Gasteiger partial charge in [0.2, 0.25) is 5.75 Å². The van der Waals surface area contributed by atoms with Crippen molar-refractivity contribution < 1.29 is 59.9 Å². The number of ketones is 1. The van der Waals surface area contributed by atoms with E-state index in [2.05, 4.69) is 0 Å². The number of phenols is 1. The largest absolute Gasteiger partial charge is 0.507 e. The molecule has 0 heterocycles. The number of hydrogen-bond acceptors (Lipinski definition) is 7. The van der Waals surface area contributed by atoms with Crippen LogP contribution in [0.25, 0.3) is 21.9 Å². The summed E-state index contributed by atoms with van der Waals surface area (Å²) in [6.45, 7) is 0. The predicted octanol–water partition coefficient (Wildman–Crippen LogP) is 7.52. The van der Waals surface area contributed by atoms with E-state index in [4.69, 9.17) is 23.7 Å². The number of rotatable bonds is 8. The summed E-state index contributed by atoms with van der Waals surface area (Å²) in [6.07, 6.45) is -10.0. The Bertz CT molecular complexity index is 1690. The lowest BCUT2D eigenvalue weighted by Crippen LogP contribution is -2.17. The summed E-state index contributed by atoms with van der Waals surface area (Å²) in [4.78, 5) is 13.7. The van der Waals surface area contributed by atoms with Gasteiger partial charge in [0.1, 0.15) is 5.75 Å². The molecule has 1 N–H and O–H groups in total. The molecule has 0 saturated carbocycles. The Morgan fingerprint density at radius 3 is 1.74 bits per heavy atom. The third kappa shape index (κ3) is 5.42. The maximum absolute atomic E-state index is 15.1. The number of hydrogen-bond donors (Lipinski definition) is 1. The van der Waals surface area contributed by atoms with Crippen molar-refractivity contribution in [1.29, 1.82) is 0 Å². The highest BCUT2D eigenvalue weighted by Gasteiger charge is 2.43. The zero-order chi connectivity index (χ0) is 31.9. The summed E-state index contributed by atoms with van der Waals surface area (Å²) in [5, 5.41) is 10.8. The number of aromatic hydroxyl groups is 1. The average molecular weight is 611 g/mol. The Morgan fingerprint density at radius 2 is 1.26 bits per heavy atom. The summed E-state index contributed by atoms with van der Waals surface area (Å²) < 4.78 is 111. The second kappa shape index (κ2) is 11.5. The van der Waals surface area contributed by atoms with Crippen LogP contribution in [0.1, 0.15) is 27.0 Å². The Balaban J connectivity index is 2.25. The van der Waals surface area contributed by atoms with Gasteiger partial charge in [-0.05, 0) is 35.9 Å². The summed E-state index contributed by atoms with van der Waals surface area (Å²) in [5.74, 6) is -2.65. The zero-order valence-corrected chi connectivity index (χ0v) is 23.3. The van der Waals surface area contributed by atoms with E-state index in [1.165, 1.54) is 59.8 Å². The molecule has 0 aliphatic heterocycles. The number of methoxy groups -OCH3 is 5.